The number of furan rings is 1. The van der Waals surface area contributed by atoms with E-state index in [-0.39, 0.29) is 11.3 Å². The summed E-state index contributed by atoms with van der Waals surface area (Å²) in [5, 5.41) is 11.8. The molecule has 3 rings (SSSR count). The van der Waals surface area contributed by atoms with E-state index in [0.29, 0.717) is 15.6 Å². The minimum absolute atomic E-state index is 0.0627. The summed E-state index contributed by atoms with van der Waals surface area (Å²) in [6, 6.07) is 10.9. The van der Waals surface area contributed by atoms with Gasteiger partial charge in [0.25, 0.3) is 0 Å². The third kappa shape index (κ3) is 2.29. The Hall–Kier alpha value is -1.55. The van der Waals surface area contributed by atoms with E-state index in [0.717, 1.165) is 5.39 Å². The number of hydrogen-bond donors (Lipinski definition) is 1. The smallest absolute Gasteiger partial charge is 0.153 e. The van der Waals surface area contributed by atoms with Crippen molar-refractivity contribution in [2.45, 2.75) is 6.10 Å². The maximum absolute atomic E-state index is 13.8. The SMILES string of the molecule is OC(c1cc2cccc(Cl)c2o1)c1cc(Cl)ccc1F. The van der Waals surface area contributed by atoms with Crippen LogP contribution in [0.4, 0.5) is 4.39 Å². The molecule has 20 heavy (non-hydrogen) atoms. The number of halogens is 3. The number of para-hydroxylation sites is 1. The highest BCUT2D eigenvalue weighted by molar-refractivity contribution is 6.34. The van der Waals surface area contributed by atoms with Crippen molar-refractivity contribution in [2.24, 2.45) is 0 Å². The van der Waals surface area contributed by atoms with Gasteiger partial charge in [0, 0.05) is 16.0 Å². The zero-order chi connectivity index (χ0) is 14.3. The van der Waals surface area contributed by atoms with E-state index in [4.69, 9.17) is 27.6 Å². The minimum Gasteiger partial charge on any atom is -0.456 e. The van der Waals surface area contributed by atoms with Gasteiger partial charge in [0.1, 0.15) is 17.7 Å². The van der Waals surface area contributed by atoms with Crippen LogP contribution in [0.2, 0.25) is 10.0 Å². The summed E-state index contributed by atoms with van der Waals surface area (Å²) in [7, 11) is 0. The largest absolute Gasteiger partial charge is 0.456 e. The summed E-state index contributed by atoms with van der Waals surface area (Å²) < 4.78 is 19.3. The Morgan fingerprint density at radius 3 is 2.65 bits per heavy atom. The number of aliphatic hydroxyl groups excluding tert-OH is 1. The van der Waals surface area contributed by atoms with E-state index >= 15 is 0 Å². The van der Waals surface area contributed by atoms with Gasteiger partial charge in [-0.15, -0.1) is 0 Å². The first-order valence-electron chi connectivity index (χ1n) is 5.87. The number of rotatable bonds is 2. The van der Waals surface area contributed by atoms with Crippen LogP contribution in [0.25, 0.3) is 11.0 Å². The van der Waals surface area contributed by atoms with E-state index in [9.17, 15) is 9.50 Å². The fourth-order valence-electron chi connectivity index (χ4n) is 2.06. The normalized spacial score (nSPS) is 12.8. The zero-order valence-corrected chi connectivity index (χ0v) is 11.6. The Kier molecular flexibility index (Phi) is 3.42. The summed E-state index contributed by atoms with van der Waals surface area (Å²) in [6.07, 6.45) is -1.24. The van der Waals surface area contributed by atoms with Crippen molar-refractivity contribution in [3.63, 3.8) is 0 Å². The fourth-order valence-corrected chi connectivity index (χ4v) is 2.46. The third-order valence-corrected chi connectivity index (χ3v) is 3.57. The predicted octanol–water partition coefficient (Wildman–Crippen LogP) is 4.96. The maximum Gasteiger partial charge on any atom is 0.153 e. The quantitative estimate of drug-likeness (QED) is 0.725. The van der Waals surface area contributed by atoms with E-state index < -0.39 is 11.9 Å². The van der Waals surface area contributed by atoms with E-state index in [2.05, 4.69) is 0 Å². The molecule has 0 spiro atoms. The Balaban J connectivity index is 2.10. The van der Waals surface area contributed by atoms with Gasteiger partial charge in [-0.25, -0.2) is 4.39 Å². The van der Waals surface area contributed by atoms with Gasteiger partial charge < -0.3 is 9.52 Å². The molecule has 2 nitrogen and oxygen atoms in total. The molecule has 1 unspecified atom stereocenters. The van der Waals surface area contributed by atoms with Crippen LogP contribution >= 0.6 is 23.2 Å². The van der Waals surface area contributed by atoms with E-state index in [1.807, 2.05) is 0 Å². The molecular weight excluding hydrogens is 302 g/mol. The van der Waals surface area contributed by atoms with E-state index in [1.54, 1.807) is 24.3 Å². The molecule has 0 saturated carbocycles. The van der Waals surface area contributed by atoms with Crippen molar-refractivity contribution < 1.29 is 13.9 Å². The Bertz CT molecular complexity index is 783. The third-order valence-electron chi connectivity index (χ3n) is 3.04. The molecule has 0 amide bonds. The van der Waals surface area contributed by atoms with Crippen molar-refractivity contribution in [3.8, 4) is 0 Å². The van der Waals surface area contributed by atoms with Crippen molar-refractivity contribution in [2.75, 3.05) is 0 Å². The molecule has 1 heterocycles. The summed E-state index contributed by atoms with van der Waals surface area (Å²) in [4.78, 5) is 0. The average Bonchev–Trinajstić information content (AvgIpc) is 2.86. The van der Waals surface area contributed by atoms with Crippen LogP contribution in [-0.2, 0) is 0 Å². The van der Waals surface area contributed by atoms with Crippen molar-refractivity contribution >= 4 is 34.2 Å². The maximum atomic E-state index is 13.8. The monoisotopic (exact) mass is 310 g/mol. The van der Waals surface area contributed by atoms with Crippen molar-refractivity contribution in [3.05, 3.63) is 69.7 Å². The second-order valence-corrected chi connectivity index (χ2v) is 5.22. The molecule has 0 radical (unpaired) electrons. The van der Waals surface area contributed by atoms with Crippen LogP contribution in [0.3, 0.4) is 0 Å². The first-order valence-corrected chi connectivity index (χ1v) is 6.63. The number of benzene rings is 2. The van der Waals surface area contributed by atoms with Crippen molar-refractivity contribution in [1.29, 1.82) is 0 Å². The van der Waals surface area contributed by atoms with Gasteiger partial charge in [-0.1, -0.05) is 35.3 Å². The molecule has 0 aliphatic heterocycles. The molecule has 0 bridgehead atoms. The molecule has 1 aromatic heterocycles. The zero-order valence-electron chi connectivity index (χ0n) is 10.1. The Morgan fingerprint density at radius 1 is 1.10 bits per heavy atom. The first kappa shape index (κ1) is 13.4. The van der Waals surface area contributed by atoms with Crippen LogP contribution in [0.1, 0.15) is 17.4 Å². The van der Waals surface area contributed by atoms with Gasteiger partial charge in [0.2, 0.25) is 0 Å². The highest BCUT2D eigenvalue weighted by Crippen LogP contribution is 2.33. The number of aliphatic hydroxyl groups is 1. The minimum atomic E-state index is -1.24. The first-order chi connectivity index (χ1) is 9.56. The van der Waals surface area contributed by atoms with Gasteiger partial charge in [-0.05, 0) is 30.3 Å². The molecule has 3 aromatic rings. The Morgan fingerprint density at radius 2 is 1.90 bits per heavy atom. The second-order valence-electron chi connectivity index (χ2n) is 4.38. The molecule has 102 valence electrons. The van der Waals surface area contributed by atoms with E-state index in [1.165, 1.54) is 18.2 Å². The lowest BCUT2D eigenvalue weighted by Crippen LogP contribution is -2.01. The predicted molar refractivity (Wildman–Crippen MR) is 76.7 cm³/mol. The van der Waals surface area contributed by atoms with Crippen LogP contribution in [-0.4, -0.2) is 5.11 Å². The highest BCUT2D eigenvalue weighted by atomic mass is 35.5. The van der Waals surface area contributed by atoms with Crippen LogP contribution < -0.4 is 0 Å². The second kappa shape index (κ2) is 5.09. The van der Waals surface area contributed by atoms with Crippen LogP contribution in [0.15, 0.2) is 46.9 Å². The molecule has 0 saturated heterocycles. The lowest BCUT2D eigenvalue weighted by atomic mass is 10.1. The number of fused-ring (bicyclic) bond motifs is 1. The van der Waals surface area contributed by atoms with Gasteiger partial charge >= 0.3 is 0 Å². The standard InChI is InChI=1S/C15H9Cl2FO2/c16-9-4-5-12(18)10(7-9)14(19)13-6-8-2-1-3-11(17)15(8)20-13/h1-7,14,19H. The van der Waals surface area contributed by atoms with Gasteiger partial charge in [0.15, 0.2) is 5.58 Å². The van der Waals surface area contributed by atoms with Crippen LogP contribution in [0.5, 0.6) is 0 Å². The van der Waals surface area contributed by atoms with Crippen molar-refractivity contribution in [1.82, 2.24) is 0 Å². The highest BCUT2D eigenvalue weighted by Gasteiger charge is 2.20. The summed E-state index contributed by atoms with van der Waals surface area (Å²) in [5.41, 5.74) is 0.526. The summed E-state index contributed by atoms with van der Waals surface area (Å²) in [6.45, 7) is 0. The molecule has 0 fully saturated rings. The van der Waals surface area contributed by atoms with Crippen LogP contribution in [0, 0.1) is 5.82 Å². The van der Waals surface area contributed by atoms with Gasteiger partial charge in [0.05, 0.1) is 5.02 Å². The van der Waals surface area contributed by atoms with Gasteiger partial charge in [-0.3, -0.25) is 0 Å². The molecule has 1 atom stereocenters. The molecule has 2 aromatic carbocycles. The Labute approximate surface area is 124 Å². The number of hydrogen-bond acceptors (Lipinski definition) is 2. The molecule has 0 aliphatic carbocycles. The molecular formula is C15H9Cl2FO2. The fraction of sp³-hybridized carbons (Fsp3) is 0.0667. The van der Waals surface area contributed by atoms with Gasteiger partial charge in [-0.2, -0.15) is 0 Å². The summed E-state index contributed by atoms with van der Waals surface area (Å²) in [5.74, 6) is -0.331. The molecule has 0 aliphatic rings. The topological polar surface area (TPSA) is 33.4 Å². The summed E-state index contributed by atoms with van der Waals surface area (Å²) >= 11 is 11.8. The molecule has 5 heteroatoms. The average molecular weight is 311 g/mol. The molecule has 1 N–H and O–H groups in total. The lowest BCUT2D eigenvalue weighted by molar-refractivity contribution is 0.187. The lowest BCUT2D eigenvalue weighted by Gasteiger charge is -2.09.